The second-order valence-electron chi connectivity index (χ2n) is 4.62. The van der Waals surface area contributed by atoms with E-state index in [2.05, 4.69) is 5.32 Å². The van der Waals surface area contributed by atoms with E-state index in [1.165, 1.54) is 6.07 Å². The number of furan rings is 1. The summed E-state index contributed by atoms with van der Waals surface area (Å²) in [6.07, 6.45) is -0.469. The van der Waals surface area contributed by atoms with Crippen LogP contribution in [0.25, 0.3) is 11.0 Å². The molecule has 116 valence electrons. The number of halogens is 1. The van der Waals surface area contributed by atoms with Gasteiger partial charge in [-0.25, -0.2) is 4.39 Å². The van der Waals surface area contributed by atoms with Crippen molar-refractivity contribution in [3.05, 3.63) is 35.8 Å². The Morgan fingerprint density at radius 3 is 2.48 bits per heavy atom. The van der Waals surface area contributed by atoms with Gasteiger partial charge in [-0.3, -0.25) is 0 Å². The molecule has 0 saturated heterocycles. The van der Waals surface area contributed by atoms with Crippen LogP contribution in [-0.2, 0) is 9.47 Å². The molecule has 0 aliphatic carbocycles. The number of hydrogen-bond donors (Lipinski definition) is 1. The highest BCUT2D eigenvalue weighted by Crippen LogP contribution is 2.29. The number of nitrogens with one attached hydrogen (secondary N) is 1. The van der Waals surface area contributed by atoms with Gasteiger partial charge in [-0.15, -0.1) is 0 Å². The van der Waals surface area contributed by atoms with Crippen LogP contribution in [0, 0.1) is 5.82 Å². The lowest BCUT2D eigenvalue weighted by Crippen LogP contribution is -2.35. The summed E-state index contributed by atoms with van der Waals surface area (Å²) in [5.41, 5.74) is 0.266. The maximum atomic E-state index is 13.8. The molecule has 1 atom stereocenters. The van der Waals surface area contributed by atoms with Gasteiger partial charge in [0.2, 0.25) is 0 Å². The van der Waals surface area contributed by atoms with Gasteiger partial charge >= 0.3 is 0 Å². The Bertz CT molecular complexity index is 564. The third kappa shape index (κ3) is 3.61. The predicted molar refractivity (Wildman–Crippen MR) is 79.6 cm³/mol. The summed E-state index contributed by atoms with van der Waals surface area (Å²) >= 11 is 0. The fraction of sp³-hybridized carbons (Fsp3) is 0.500. The number of rotatable bonds is 8. The van der Waals surface area contributed by atoms with Crippen LogP contribution in [0.5, 0.6) is 0 Å². The molecule has 4 nitrogen and oxygen atoms in total. The maximum absolute atomic E-state index is 13.8. The van der Waals surface area contributed by atoms with E-state index >= 15 is 0 Å². The molecule has 1 aromatic carbocycles. The Morgan fingerprint density at radius 2 is 1.90 bits per heavy atom. The minimum Gasteiger partial charge on any atom is -0.456 e. The summed E-state index contributed by atoms with van der Waals surface area (Å²) < 4.78 is 30.7. The number of ether oxygens (including phenoxy) is 2. The van der Waals surface area contributed by atoms with Crippen LogP contribution in [0.4, 0.5) is 4.39 Å². The SMILES string of the molecule is CCNC(c1cc2cccc(F)c2o1)C(OCC)OCC. The van der Waals surface area contributed by atoms with Crippen molar-refractivity contribution in [2.45, 2.75) is 33.1 Å². The van der Waals surface area contributed by atoms with E-state index in [4.69, 9.17) is 13.9 Å². The first-order valence-electron chi connectivity index (χ1n) is 7.35. The normalized spacial score (nSPS) is 13.2. The third-order valence-electron chi connectivity index (χ3n) is 3.18. The van der Waals surface area contributed by atoms with E-state index in [-0.39, 0.29) is 17.4 Å². The Balaban J connectivity index is 2.36. The molecule has 2 rings (SSSR count). The first-order chi connectivity index (χ1) is 10.2. The van der Waals surface area contributed by atoms with Gasteiger partial charge in [0, 0.05) is 18.6 Å². The molecule has 0 aliphatic rings. The zero-order valence-electron chi connectivity index (χ0n) is 12.7. The molecule has 2 aromatic rings. The molecule has 1 heterocycles. The summed E-state index contributed by atoms with van der Waals surface area (Å²) in [7, 11) is 0. The van der Waals surface area contributed by atoms with Crippen LogP contribution in [0.1, 0.15) is 32.6 Å². The molecule has 5 heteroatoms. The lowest BCUT2D eigenvalue weighted by molar-refractivity contribution is -0.157. The molecule has 0 bridgehead atoms. The minimum absolute atomic E-state index is 0.266. The van der Waals surface area contributed by atoms with Crippen LogP contribution in [0.15, 0.2) is 28.7 Å². The molecule has 0 aliphatic heterocycles. The predicted octanol–water partition coefficient (Wildman–Crippen LogP) is 3.62. The largest absolute Gasteiger partial charge is 0.456 e. The Hall–Kier alpha value is -1.43. The van der Waals surface area contributed by atoms with Crippen molar-refractivity contribution in [2.24, 2.45) is 0 Å². The fourth-order valence-electron chi connectivity index (χ4n) is 2.32. The molecule has 0 fully saturated rings. The second kappa shape index (κ2) is 7.54. The first-order valence-corrected chi connectivity index (χ1v) is 7.35. The van der Waals surface area contributed by atoms with Gasteiger partial charge < -0.3 is 19.2 Å². The first kappa shape index (κ1) is 15.9. The monoisotopic (exact) mass is 295 g/mol. The average molecular weight is 295 g/mol. The fourth-order valence-corrected chi connectivity index (χ4v) is 2.32. The van der Waals surface area contributed by atoms with E-state index in [0.717, 1.165) is 11.9 Å². The summed E-state index contributed by atoms with van der Waals surface area (Å²) in [5.74, 6) is 0.252. The molecule has 0 amide bonds. The van der Waals surface area contributed by atoms with E-state index < -0.39 is 6.29 Å². The smallest absolute Gasteiger partial charge is 0.179 e. The van der Waals surface area contributed by atoms with Gasteiger partial charge in [0.1, 0.15) is 11.8 Å². The minimum atomic E-state index is -0.469. The van der Waals surface area contributed by atoms with E-state index in [0.29, 0.717) is 19.0 Å². The molecule has 0 radical (unpaired) electrons. The molecule has 21 heavy (non-hydrogen) atoms. The van der Waals surface area contributed by atoms with Gasteiger partial charge in [0.15, 0.2) is 17.7 Å². The van der Waals surface area contributed by atoms with Crippen molar-refractivity contribution >= 4 is 11.0 Å². The van der Waals surface area contributed by atoms with E-state index in [1.54, 1.807) is 6.07 Å². The van der Waals surface area contributed by atoms with Crippen LogP contribution in [0.3, 0.4) is 0 Å². The Morgan fingerprint density at radius 1 is 1.19 bits per heavy atom. The summed E-state index contributed by atoms with van der Waals surface area (Å²) in [5, 5.41) is 4.02. The molecule has 0 saturated carbocycles. The van der Waals surface area contributed by atoms with Crippen molar-refractivity contribution < 1.29 is 18.3 Å². The Labute approximate surface area is 124 Å². The standard InChI is InChI=1S/C16H22FNO3/c1-4-18-14(16(19-5-2)20-6-3)13-10-11-8-7-9-12(17)15(11)21-13/h7-10,14,16,18H,4-6H2,1-3H3. The molecular weight excluding hydrogens is 273 g/mol. The highest BCUT2D eigenvalue weighted by Gasteiger charge is 2.27. The van der Waals surface area contributed by atoms with Gasteiger partial charge in [0.25, 0.3) is 0 Å². The van der Waals surface area contributed by atoms with Gasteiger partial charge in [-0.2, -0.15) is 0 Å². The van der Waals surface area contributed by atoms with Gasteiger partial charge in [-0.05, 0) is 32.5 Å². The summed E-state index contributed by atoms with van der Waals surface area (Å²) in [4.78, 5) is 0. The highest BCUT2D eigenvalue weighted by atomic mass is 19.1. The lowest BCUT2D eigenvalue weighted by atomic mass is 10.2. The van der Waals surface area contributed by atoms with Crippen LogP contribution >= 0.6 is 0 Å². The average Bonchev–Trinajstić information content (AvgIpc) is 2.90. The Kier molecular flexibility index (Phi) is 5.73. The number of fused-ring (bicyclic) bond motifs is 1. The van der Waals surface area contributed by atoms with Gasteiger partial charge in [0.05, 0.1) is 0 Å². The van der Waals surface area contributed by atoms with E-state index in [9.17, 15) is 4.39 Å². The van der Waals surface area contributed by atoms with Crippen LogP contribution in [0.2, 0.25) is 0 Å². The van der Waals surface area contributed by atoms with Crippen molar-refractivity contribution in [1.82, 2.24) is 5.32 Å². The number of likely N-dealkylation sites (N-methyl/N-ethyl adjacent to an activating group) is 1. The highest BCUT2D eigenvalue weighted by molar-refractivity contribution is 5.78. The second-order valence-corrected chi connectivity index (χ2v) is 4.62. The summed E-state index contributed by atoms with van der Waals surface area (Å²) in [6, 6.07) is 6.44. The maximum Gasteiger partial charge on any atom is 0.179 e. The number of para-hydroxylation sites is 1. The molecule has 1 aromatic heterocycles. The zero-order chi connectivity index (χ0) is 15.2. The van der Waals surface area contributed by atoms with Crippen molar-refractivity contribution in [3.63, 3.8) is 0 Å². The molecule has 0 spiro atoms. The lowest BCUT2D eigenvalue weighted by Gasteiger charge is -2.25. The van der Waals surface area contributed by atoms with E-state index in [1.807, 2.05) is 32.9 Å². The quantitative estimate of drug-likeness (QED) is 0.755. The zero-order valence-corrected chi connectivity index (χ0v) is 12.7. The number of benzene rings is 1. The third-order valence-corrected chi connectivity index (χ3v) is 3.18. The number of hydrogen-bond acceptors (Lipinski definition) is 4. The topological polar surface area (TPSA) is 43.6 Å². The van der Waals surface area contributed by atoms with Crippen LogP contribution < -0.4 is 5.32 Å². The molecule has 1 N–H and O–H groups in total. The molecular formula is C16H22FNO3. The summed E-state index contributed by atoms with van der Waals surface area (Å²) in [6.45, 7) is 7.59. The van der Waals surface area contributed by atoms with Crippen molar-refractivity contribution in [3.8, 4) is 0 Å². The van der Waals surface area contributed by atoms with Crippen molar-refractivity contribution in [1.29, 1.82) is 0 Å². The molecule has 1 unspecified atom stereocenters. The van der Waals surface area contributed by atoms with Crippen molar-refractivity contribution in [2.75, 3.05) is 19.8 Å². The van der Waals surface area contributed by atoms with Gasteiger partial charge in [-0.1, -0.05) is 19.1 Å². The van der Waals surface area contributed by atoms with Crippen LogP contribution in [-0.4, -0.2) is 26.0 Å².